The van der Waals surface area contributed by atoms with Crippen LogP contribution in [-0.2, 0) is 4.79 Å². The zero-order valence-electron chi connectivity index (χ0n) is 17.3. The molecule has 0 saturated carbocycles. The monoisotopic (exact) mass is 416 g/mol. The Morgan fingerprint density at radius 1 is 1.26 bits per heavy atom. The first kappa shape index (κ1) is 21.9. The summed E-state index contributed by atoms with van der Waals surface area (Å²) in [5.74, 6) is -0.931. The van der Waals surface area contributed by atoms with Gasteiger partial charge in [0.2, 0.25) is 0 Å². The lowest BCUT2D eigenvalue weighted by atomic mass is 9.58. The van der Waals surface area contributed by atoms with Gasteiger partial charge in [-0.3, -0.25) is 9.69 Å². The summed E-state index contributed by atoms with van der Waals surface area (Å²) in [6, 6.07) is 13.3. The minimum absolute atomic E-state index is 0.00509. The highest BCUT2D eigenvalue weighted by atomic mass is 16.5. The van der Waals surface area contributed by atoms with Crippen LogP contribution in [0.1, 0.15) is 24.8 Å². The highest BCUT2D eigenvalue weighted by molar-refractivity contribution is 5.75. The number of amides is 1. The van der Waals surface area contributed by atoms with Crippen molar-refractivity contribution >= 4 is 5.91 Å². The van der Waals surface area contributed by atoms with E-state index in [9.17, 15) is 20.6 Å². The van der Waals surface area contributed by atoms with Gasteiger partial charge < -0.3 is 16.2 Å². The molecule has 1 amide bonds. The fourth-order valence-corrected chi connectivity index (χ4v) is 4.54. The summed E-state index contributed by atoms with van der Waals surface area (Å²) in [5, 5.41) is 30.0. The molecule has 0 radical (unpaired) electrons. The predicted molar refractivity (Wildman–Crippen MR) is 113 cm³/mol. The Balaban J connectivity index is 2.12. The van der Waals surface area contributed by atoms with E-state index in [1.54, 1.807) is 24.3 Å². The van der Waals surface area contributed by atoms with Crippen molar-refractivity contribution in [3.63, 3.8) is 0 Å². The molecule has 1 aromatic carbocycles. The van der Waals surface area contributed by atoms with E-state index in [-0.39, 0.29) is 23.8 Å². The van der Waals surface area contributed by atoms with E-state index in [2.05, 4.69) is 30.0 Å². The summed E-state index contributed by atoms with van der Waals surface area (Å²) in [6.45, 7) is 4.03. The number of nitrogens with zero attached hydrogens (tertiary/aromatic N) is 4. The van der Waals surface area contributed by atoms with Crippen LogP contribution >= 0.6 is 0 Å². The Kier molecular flexibility index (Phi) is 6.30. The molecule has 0 fully saturated rings. The van der Waals surface area contributed by atoms with Crippen molar-refractivity contribution in [1.29, 1.82) is 15.8 Å². The van der Waals surface area contributed by atoms with Crippen molar-refractivity contribution in [3.8, 4) is 24.0 Å². The number of primary amides is 1. The third-order valence-electron chi connectivity index (χ3n) is 5.90. The van der Waals surface area contributed by atoms with Crippen molar-refractivity contribution < 1.29 is 9.53 Å². The molecular weight excluding hydrogens is 392 g/mol. The first-order valence-electron chi connectivity index (χ1n) is 10.1. The van der Waals surface area contributed by atoms with Gasteiger partial charge in [0.25, 0.3) is 5.91 Å². The molecular formula is C23H24N6O2. The number of hydrogen-bond donors (Lipinski definition) is 2. The van der Waals surface area contributed by atoms with Gasteiger partial charge in [0.15, 0.2) is 12.0 Å². The molecule has 4 N–H and O–H groups in total. The minimum Gasteiger partial charge on any atom is -0.484 e. The topological polar surface area (TPSA) is 153 Å². The van der Waals surface area contributed by atoms with Crippen LogP contribution < -0.4 is 16.2 Å². The third kappa shape index (κ3) is 3.84. The molecule has 1 heterocycles. The highest BCUT2D eigenvalue weighted by Crippen LogP contribution is 2.54. The lowest BCUT2D eigenvalue weighted by Gasteiger charge is -2.45. The number of benzene rings is 1. The van der Waals surface area contributed by atoms with Gasteiger partial charge in [0.05, 0.1) is 23.4 Å². The number of carbonyl (C=O) groups excluding carboxylic acids is 1. The predicted octanol–water partition coefficient (Wildman–Crippen LogP) is 1.69. The number of ether oxygens (including phenoxy) is 1. The summed E-state index contributed by atoms with van der Waals surface area (Å²) in [7, 11) is 0. The van der Waals surface area contributed by atoms with E-state index in [1.807, 2.05) is 6.08 Å². The van der Waals surface area contributed by atoms with Gasteiger partial charge in [-0.2, -0.15) is 15.8 Å². The molecule has 31 heavy (non-hydrogen) atoms. The molecule has 0 unspecified atom stereocenters. The van der Waals surface area contributed by atoms with Crippen molar-refractivity contribution in [2.75, 3.05) is 26.2 Å². The van der Waals surface area contributed by atoms with Gasteiger partial charge >= 0.3 is 0 Å². The number of hydrogen-bond acceptors (Lipinski definition) is 7. The fourth-order valence-electron chi connectivity index (χ4n) is 4.54. The zero-order valence-corrected chi connectivity index (χ0v) is 17.3. The molecule has 2 aliphatic rings. The van der Waals surface area contributed by atoms with Crippen molar-refractivity contribution in [2.45, 2.75) is 19.3 Å². The molecule has 1 aliphatic carbocycles. The molecule has 0 bridgehead atoms. The lowest BCUT2D eigenvalue weighted by molar-refractivity contribution is -0.119. The van der Waals surface area contributed by atoms with E-state index in [4.69, 9.17) is 16.2 Å². The lowest BCUT2D eigenvalue weighted by Crippen LogP contribution is -2.48. The maximum atomic E-state index is 11.0. The summed E-state index contributed by atoms with van der Waals surface area (Å²) in [5.41, 5.74) is 11.5. The van der Waals surface area contributed by atoms with E-state index >= 15 is 0 Å². The molecule has 3 rings (SSSR count). The first-order valence-corrected chi connectivity index (χ1v) is 10.1. The zero-order chi connectivity index (χ0) is 22.6. The number of rotatable bonds is 6. The molecule has 2 atom stereocenters. The van der Waals surface area contributed by atoms with Crippen molar-refractivity contribution in [1.82, 2.24) is 4.90 Å². The molecule has 158 valence electrons. The molecule has 0 spiro atoms. The van der Waals surface area contributed by atoms with Crippen LogP contribution in [-0.4, -0.2) is 37.0 Å². The summed E-state index contributed by atoms with van der Waals surface area (Å²) >= 11 is 0. The second-order valence-electron chi connectivity index (χ2n) is 7.76. The SMILES string of the molecule is CCCN1CC=C2C(C#N)=C(N)C(C#N)(C#N)[C@H](c3ccc(OCC(N)=O)cc3)[C@@H]2C1. The van der Waals surface area contributed by atoms with Crippen LogP contribution in [0.25, 0.3) is 0 Å². The number of nitriles is 3. The van der Waals surface area contributed by atoms with E-state index in [1.165, 1.54) is 0 Å². The number of allylic oxidation sites excluding steroid dienone is 2. The van der Waals surface area contributed by atoms with Gasteiger partial charge in [-0.05, 0) is 36.2 Å². The Bertz CT molecular complexity index is 1040. The van der Waals surface area contributed by atoms with Crippen LogP contribution in [0.15, 0.2) is 47.2 Å². The average molecular weight is 416 g/mol. The summed E-state index contributed by atoms with van der Waals surface area (Å²) in [4.78, 5) is 13.2. The van der Waals surface area contributed by atoms with Gasteiger partial charge in [-0.15, -0.1) is 0 Å². The molecule has 1 aliphatic heterocycles. The van der Waals surface area contributed by atoms with Crippen LogP contribution in [0.3, 0.4) is 0 Å². The Labute approximate surface area is 181 Å². The van der Waals surface area contributed by atoms with Crippen molar-refractivity contribution in [2.24, 2.45) is 22.8 Å². The minimum atomic E-state index is -1.67. The van der Waals surface area contributed by atoms with Crippen LogP contribution in [0, 0.1) is 45.3 Å². The molecule has 8 nitrogen and oxygen atoms in total. The van der Waals surface area contributed by atoms with Gasteiger partial charge in [0.1, 0.15) is 11.8 Å². The maximum absolute atomic E-state index is 11.0. The highest BCUT2D eigenvalue weighted by Gasteiger charge is 2.54. The quantitative estimate of drug-likeness (QED) is 0.715. The Hall–Kier alpha value is -3.80. The number of nitrogens with two attached hydrogens (primary N) is 2. The summed E-state index contributed by atoms with van der Waals surface area (Å²) in [6.07, 6.45) is 2.96. The smallest absolute Gasteiger partial charge is 0.255 e. The van der Waals surface area contributed by atoms with E-state index in [0.29, 0.717) is 18.8 Å². The van der Waals surface area contributed by atoms with E-state index < -0.39 is 17.2 Å². The second-order valence-corrected chi connectivity index (χ2v) is 7.76. The molecule has 8 heteroatoms. The van der Waals surface area contributed by atoms with E-state index in [0.717, 1.165) is 24.1 Å². The average Bonchev–Trinajstić information content (AvgIpc) is 2.78. The van der Waals surface area contributed by atoms with Crippen LogP contribution in [0.5, 0.6) is 5.75 Å². The van der Waals surface area contributed by atoms with Crippen molar-refractivity contribution in [3.05, 3.63) is 52.7 Å². The fraction of sp³-hybridized carbons (Fsp3) is 0.391. The Morgan fingerprint density at radius 2 is 1.94 bits per heavy atom. The normalized spacial score (nSPS) is 22.3. The Morgan fingerprint density at radius 3 is 2.48 bits per heavy atom. The van der Waals surface area contributed by atoms with Crippen LogP contribution in [0.4, 0.5) is 0 Å². The van der Waals surface area contributed by atoms with Gasteiger partial charge in [-0.25, -0.2) is 0 Å². The molecule has 0 aromatic heterocycles. The third-order valence-corrected chi connectivity index (χ3v) is 5.90. The number of carbonyl (C=O) groups is 1. The van der Waals surface area contributed by atoms with Crippen LogP contribution in [0.2, 0.25) is 0 Å². The maximum Gasteiger partial charge on any atom is 0.255 e. The molecule has 1 aromatic rings. The number of fused-ring (bicyclic) bond motifs is 1. The van der Waals surface area contributed by atoms with Gasteiger partial charge in [0, 0.05) is 24.9 Å². The standard InChI is InChI=1S/C23H24N6O2/c1-2-8-29-9-7-17-18(10-24)22(28)23(13-25,14-26)21(19(17)11-29)15-3-5-16(6-4-15)31-12-20(27)30/h3-7,19,21H,2,8-9,11-12,28H2,1H3,(H2,27,30)/t19-,21-/m1/s1. The first-order chi connectivity index (χ1) is 14.9. The largest absolute Gasteiger partial charge is 0.484 e. The second kappa shape index (κ2) is 8.92. The van der Waals surface area contributed by atoms with Gasteiger partial charge in [-0.1, -0.05) is 25.1 Å². The molecule has 0 saturated heterocycles. The summed E-state index contributed by atoms with van der Waals surface area (Å²) < 4.78 is 5.32.